The molecule has 0 aliphatic heterocycles. The van der Waals surface area contributed by atoms with Crippen LogP contribution in [0.25, 0.3) is 0 Å². The molecule has 1 heterocycles. The molecule has 5 heteroatoms. The Bertz CT molecular complexity index is 426. The van der Waals surface area contributed by atoms with E-state index in [1.165, 1.54) is 6.42 Å². The maximum Gasteiger partial charge on any atom is 0.245 e. The van der Waals surface area contributed by atoms with Gasteiger partial charge in [-0.2, -0.15) is 5.10 Å². The summed E-state index contributed by atoms with van der Waals surface area (Å²) in [6.45, 7) is 3.73. The van der Waals surface area contributed by atoms with E-state index < -0.39 is 0 Å². The summed E-state index contributed by atoms with van der Waals surface area (Å²) in [5.41, 5.74) is 7.79. The first-order valence-corrected chi connectivity index (χ1v) is 5.44. The largest absolute Gasteiger partial charge is 0.473 e. The van der Waals surface area contributed by atoms with Crippen LogP contribution in [0.4, 0.5) is 0 Å². The number of aryl methyl sites for hydroxylation is 1. The third-order valence-electron chi connectivity index (χ3n) is 3.02. The minimum atomic E-state index is -0.00942. The summed E-state index contributed by atoms with van der Waals surface area (Å²) in [5.74, 6) is 0.394. The predicted octanol–water partition coefficient (Wildman–Crippen LogP) is 1.31. The van der Waals surface area contributed by atoms with E-state index in [1.54, 1.807) is 0 Å². The second kappa shape index (κ2) is 4.08. The van der Waals surface area contributed by atoms with Crippen molar-refractivity contribution in [2.24, 2.45) is 5.73 Å². The molecule has 1 aromatic rings. The van der Waals surface area contributed by atoms with Gasteiger partial charge in [0.1, 0.15) is 11.9 Å². The molecule has 0 spiro atoms. The van der Waals surface area contributed by atoms with Gasteiger partial charge < -0.3 is 10.5 Å². The third kappa shape index (κ3) is 1.85. The molecule has 0 saturated heterocycles. The van der Waals surface area contributed by atoms with Gasteiger partial charge in [0.15, 0.2) is 0 Å². The van der Waals surface area contributed by atoms with E-state index in [2.05, 4.69) is 10.2 Å². The molecule has 1 aromatic heterocycles. The second-order valence-corrected chi connectivity index (χ2v) is 4.18. The van der Waals surface area contributed by atoms with Crippen molar-refractivity contribution in [3.8, 4) is 5.88 Å². The molecular formula is C11H16N4O. The fourth-order valence-electron chi connectivity index (χ4n) is 1.63. The number of nitrogens with one attached hydrogen (secondary N) is 1. The molecule has 0 bridgehead atoms. The zero-order valence-corrected chi connectivity index (χ0v) is 9.58. The average molecular weight is 220 g/mol. The minimum Gasteiger partial charge on any atom is -0.473 e. The Balaban J connectivity index is 2.35. The molecule has 1 fully saturated rings. The van der Waals surface area contributed by atoms with Crippen LogP contribution in [0.2, 0.25) is 0 Å². The number of aromatic nitrogens is 2. The summed E-state index contributed by atoms with van der Waals surface area (Å²) in [5, 5.41) is 15.6. The molecule has 1 aliphatic rings. The first-order chi connectivity index (χ1) is 7.59. The summed E-state index contributed by atoms with van der Waals surface area (Å²) < 4.78 is 5.68. The van der Waals surface area contributed by atoms with Gasteiger partial charge in [-0.05, 0) is 38.7 Å². The van der Waals surface area contributed by atoms with Crippen LogP contribution in [0.5, 0.6) is 5.88 Å². The molecule has 5 nitrogen and oxygen atoms in total. The Hall–Kier alpha value is -1.65. The van der Waals surface area contributed by atoms with Crippen molar-refractivity contribution in [1.29, 1.82) is 5.41 Å². The van der Waals surface area contributed by atoms with Gasteiger partial charge in [0.25, 0.3) is 0 Å². The molecule has 3 N–H and O–H groups in total. The van der Waals surface area contributed by atoms with E-state index in [-0.39, 0.29) is 11.9 Å². The van der Waals surface area contributed by atoms with E-state index in [0.717, 1.165) is 24.1 Å². The van der Waals surface area contributed by atoms with Crippen LogP contribution < -0.4 is 10.5 Å². The number of amidine groups is 1. The molecular weight excluding hydrogens is 204 g/mol. The SMILES string of the molecule is Cc1nnc(OC2CCC2)c(C(=N)N)c1C. The standard InChI is InChI=1S/C11H16N4O/c1-6-7(2)14-15-11(9(6)10(12)13)16-8-4-3-5-8/h8H,3-5H2,1-2H3,(H3,12,13). The number of hydrogen-bond donors (Lipinski definition) is 2. The van der Waals surface area contributed by atoms with Crippen LogP contribution in [0.3, 0.4) is 0 Å². The van der Waals surface area contributed by atoms with Crippen molar-refractivity contribution in [3.05, 3.63) is 16.8 Å². The zero-order chi connectivity index (χ0) is 11.7. The van der Waals surface area contributed by atoms with Crippen molar-refractivity contribution >= 4 is 5.84 Å². The van der Waals surface area contributed by atoms with Crippen molar-refractivity contribution in [3.63, 3.8) is 0 Å². The smallest absolute Gasteiger partial charge is 0.245 e. The lowest BCUT2D eigenvalue weighted by Gasteiger charge is -2.26. The van der Waals surface area contributed by atoms with E-state index in [9.17, 15) is 0 Å². The van der Waals surface area contributed by atoms with Gasteiger partial charge in [-0.25, -0.2) is 0 Å². The highest BCUT2D eigenvalue weighted by atomic mass is 16.5. The van der Waals surface area contributed by atoms with Gasteiger partial charge in [0, 0.05) is 0 Å². The zero-order valence-electron chi connectivity index (χ0n) is 9.58. The quantitative estimate of drug-likeness (QED) is 0.594. The average Bonchev–Trinajstić information content (AvgIpc) is 2.16. The normalized spacial score (nSPS) is 15.6. The predicted molar refractivity (Wildman–Crippen MR) is 60.8 cm³/mol. The van der Waals surface area contributed by atoms with E-state index >= 15 is 0 Å². The van der Waals surface area contributed by atoms with Crippen molar-refractivity contribution in [2.45, 2.75) is 39.2 Å². The molecule has 0 radical (unpaired) electrons. The number of nitrogen functional groups attached to an aromatic ring is 1. The summed E-state index contributed by atoms with van der Waals surface area (Å²) in [6.07, 6.45) is 3.51. The van der Waals surface area contributed by atoms with Gasteiger partial charge >= 0.3 is 0 Å². The number of hydrogen-bond acceptors (Lipinski definition) is 4. The lowest BCUT2D eigenvalue weighted by atomic mass is 9.96. The number of ether oxygens (including phenoxy) is 1. The Morgan fingerprint density at radius 1 is 1.38 bits per heavy atom. The molecule has 2 rings (SSSR count). The van der Waals surface area contributed by atoms with Gasteiger partial charge in [-0.15, -0.1) is 5.10 Å². The van der Waals surface area contributed by atoms with E-state index in [4.69, 9.17) is 15.9 Å². The van der Waals surface area contributed by atoms with Crippen molar-refractivity contribution in [1.82, 2.24) is 10.2 Å². The maximum atomic E-state index is 7.56. The Kier molecular flexibility index (Phi) is 2.77. The topological polar surface area (TPSA) is 84.9 Å². The molecule has 0 amide bonds. The van der Waals surface area contributed by atoms with Crippen LogP contribution in [0.15, 0.2) is 0 Å². The van der Waals surface area contributed by atoms with E-state index in [1.807, 2.05) is 13.8 Å². The van der Waals surface area contributed by atoms with Crippen LogP contribution in [0, 0.1) is 19.3 Å². The van der Waals surface area contributed by atoms with Gasteiger partial charge in [-0.1, -0.05) is 0 Å². The Morgan fingerprint density at radius 3 is 2.56 bits per heavy atom. The maximum absolute atomic E-state index is 7.56. The highest BCUT2D eigenvalue weighted by Gasteiger charge is 2.23. The number of nitrogens with zero attached hydrogens (tertiary/aromatic N) is 2. The van der Waals surface area contributed by atoms with Crippen molar-refractivity contribution in [2.75, 3.05) is 0 Å². The molecule has 1 aliphatic carbocycles. The highest BCUT2D eigenvalue weighted by Crippen LogP contribution is 2.27. The fourth-order valence-corrected chi connectivity index (χ4v) is 1.63. The van der Waals surface area contributed by atoms with Crippen LogP contribution >= 0.6 is 0 Å². The Morgan fingerprint density at radius 2 is 2.06 bits per heavy atom. The monoisotopic (exact) mass is 220 g/mol. The Labute approximate surface area is 94.5 Å². The molecule has 16 heavy (non-hydrogen) atoms. The van der Waals surface area contributed by atoms with Crippen LogP contribution in [0.1, 0.15) is 36.1 Å². The number of rotatable bonds is 3. The first-order valence-electron chi connectivity index (χ1n) is 5.44. The molecule has 0 atom stereocenters. The first kappa shape index (κ1) is 10.9. The van der Waals surface area contributed by atoms with Gasteiger partial charge in [0.2, 0.25) is 5.88 Å². The van der Waals surface area contributed by atoms with Crippen LogP contribution in [-0.2, 0) is 0 Å². The third-order valence-corrected chi connectivity index (χ3v) is 3.02. The summed E-state index contributed by atoms with van der Waals surface area (Å²) in [7, 11) is 0. The van der Waals surface area contributed by atoms with Gasteiger partial charge in [0.05, 0.1) is 11.3 Å². The lowest BCUT2D eigenvalue weighted by molar-refractivity contribution is 0.113. The van der Waals surface area contributed by atoms with Crippen molar-refractivity contribution < 1.29 is 4.74 Å². The van der Waals surface area contributed by atoms with Gasteiger partial charge in [-0.3, -0.25) is 5.41 Å². The van der Waals surface area contributed by atoms with Crippen LogP contribution in [-0.4, -0.2) is 22.1 Å². The van der Waals surface area contributed by atoms with E-state index in [0.29, 0.717) is 11.4 Å². The molecule has 0 unspecified atom stereocenters. The summed E-state index contributed by atoms with van der Waals surface area (Å²) >= 11 is 0. The highest BCUT2D eigenvalue weighted by molar-refractivity contribution is 5.98. The molecule has 86 valence electrons. The number of nitrogens with two attached hydrogens (primary N) is 1. The minimum absolute atomic E-state index is 0.00942. The second-order valence-electron chi connectivity index (χ2n) is 4.18. The summed E-state index contributed by atoms with van der Waals surface area (Å²) in [4.78, 5) is 0. The lowest BCUT2D eigenvalue weighted by Crippen LogP contribution is -2.27. The summed E-state index contributed by atoms with van der Waals surface area (Å²) in [6, 6.07) is 0. The fraction of sp³-hybridized carbons (Fsp3) is 0.545. The molecule has 0 aromatic carbocycles. The molecule has 1 saturated carbocycles.